The maximum atomic E-state index is 13.6. The molecule has 5 heteroatoms. The zero-order valence-electron chi connectivity index (χ0n) is 7.35. The first kappa shape index (κ1) is 9.61. The van der Waals surface area contributed by atoms with E-state index in [4.69, 9.17) is 5.73 Å². The van der Waals surface area contributed by atoms with Crippen molar-refractivity contribution in [3.63, 3.8) is 0 Å². The molecule has 1 aliphatic carbocycles. The van der Waals surface area contributed by atoms with Crippen molar-refractivity contribution in [3.8, 4) is 0 Å². The highest BCUT2D eigenvalue weighted by Gasteiger charge is 2.64. The van der Waals surface area contributed by atoms with Crippen LogP contribution in [0.1, 0.15) is 6.42 Å². The van der Waals surface area contributed by atoms with Crippen LogP contribution in [0.3, 0.4) is 0 Å². The minimum atomic E-state index is -3.91. The number of sulfone groups is 1. The van der Waals surface area contributed by atoms with Crippen molar-refractivity contribution >= 4 is 9.84 Å². The third-order valence-electron chi connectivity index (χ3n) is 2.39. The molecule has 1 saturated carbocycles. The number of halogens is 1. The van der Waals surface area contributed by atoms with Crippen molar-refractivity contribution in [1.29, 1.82) is 0 Å². The number of nitrogens with two attached hydrogens (primary N) is 1. The van der Waals surface area contributed by atoms with Gasteiger partial charge >= 0.3 is 0 Å². The number of hydrogen-bond donors (Lipinski definition) is 1. The summed E-state index contributed by atoms with van der Waals surface area (Å²) in [5, 5.41) is -2.24. The van der Waals surface area contributed by atoms with Crippen molar-refractivity contribution in [3.05, 3.63) is 30.3 Å². The van der Waals surface area contributed by atoms with E-state index >= 15 is 0 Å². The van der Waals surface area contributed by atoms with E-state index < -0.39 is 20.9 Å². The monoisotopic (exact) mass is 215 g/mol. The van der Waals surface area contributed by atoms with Gasteiger partial charge in [-0.25, -0.2) is 12.8 Å². The van der Waals surface area contributed by atoms with Crippen LogP contribution in [-0.2, 0) is 9.84 Å². The van der Waals surface area contributed by atoms with Gasteiger partial charge in [-0.3, -0.25) is 0 Å². The highest BCUT2D eigenvalue weighted by Crippen LogP contribution is 2.46. The van der Waals surface area contributed by atoms with E-state index in [9.17, 15) is 12.8 Å². The van der Waals surface area contributed by atoms with E-state index in [1.54, 1.807) is 18.2 Å². The molecule has 1 fully saturated rings. The van der Waals surface area contributed by atoms with E-state index in [1.165, 1.54) is 12.1 Å². The first-order valence-electron chi connectivity index (χ1n) is 4.23. The topological polar surface area (TPSA) is 60.2 Å². The smallest absolute Gasteiger partial charge is 0.231 e. The van der Waals surface area contributed by atoms with E-state index in [0.29, 0.717) is 0 Å². The molecule has 0 radical (unpaired) electrons. The molecule has 0 amide bonds. The lowest BCUT2D eigenvalue weighted by Gasteiger charge is -2.07. The molecule has 2 rings (SSSR count). The Bertz CT molecular complexity index is 445. The van der Waals surface area contributed by atoms with Gasteiger partial charge in [-0.2, -0.15) is 0 Å². The average molecular weight is 215 g/mol. The van der Waals surface area contributed by atoms with Crippen molar-refractivity contribution in [2.75, 3.05) is 0 Å². The fraction of sp³-hybridized carbons (Fsp3) is 0.333. The first-order chi connectivity index (χ1) is 6.48. The Hall–Kier alpha value is -0.940. The summed E-state index contributed by atoms with van der Waals surface area (Å²) < 4.78 is 37.0. The normalized spacial score (nSPS) is 31.4. The van der Waals surface area contributed by atoms with Crippen LogP contribution >= 0.6 is 0 Å². The summed E-state index contributed by atoms with van der Waals surface area (Å²) in [7, 11) is -3.91. The fourth-order valence-electron chi connectivity index (χ4n) is 1.35. The maximum absolute atomic E-state index is 13.6. The minimum Gasteiger partial charge on any atom is -0.324 e. The summed E-state index contributed by atoms with van der Waals surface area (Å²) in [4.78, 5) is -0.00421. The Morgan fingerprint density at radius 3 is 2.29 bits per heavy atom. The van der Waals surface area contributed by atoms with Crippen LogP contribution in [-0.4, -0.2) is 19.5 Å². The van der Waals surface area contributed by atoms with Gasteiger partial charge in [-0.1, -0.05) is 18.2 Å². The molecule has 0 unspecified atom stereocenters. The average Bonchev–Trinajstić information content (AvgIpc) is 2.78. The summed E-state index contributed by atoms with van der Waals surface area (Å²) in [6.45, 7) is 0. The molecule has 1 aromatic rings. The third kappa shape index (κ3) is 1.16. The van der Waals surface area contributed by atoms with Gasteiger partial charge in [-0.05, 0) is 12.1 Å². The second-order valence-corrected chi connectivity index (χ2v) is 5.57. The molecule has 14 heavy (non-hydrogen) atoms. The molecule has 1 aliphatic rings. The van der Waals surface area contributed by atoms with Crippen molar-refractivity contribution in [2.45, 2.75) is 22.4 Å². The summed E-state index contributed by atoms with van der Waals surface area (Å²) in [5.41, 5.74) is 5.27. The largest absolute Gasteiger partial charge is 0.324 e. The van der Waals surface area contributed by atoms with Gasteiger partial charge in [0.05, 0.1) is 10.9 Å². The Morgan fingerprint density at radius 2 is 1.86 bits per heavy atom. The quantitative estimate of drug-likeness (QED) is 0.795. The van der Waals surface area contributed by atoms with Crippen LogP contribution in [0.2, 0.25) is 0 Å². The zero-order valence-corrected chi connectivity index (χ0v) is 8.17. The van der Waals surface area contributed by atoms with Crippen LogP contribution in [0.5, 0.6) is 0 Å². The minimum absolute atomic E-state index is 0.00421. The summed E-state index contributed by atoms with van der Waals surface area (Å²) >= 11 is 0. The second kappa shape index (κ2) is 2.77. The molecule has 0 aliphatic heterocycles. The Kier molecular flexibility index (Phi) is 1.90. The molecule has 0 saturated heterocycles. The molecular weight excluding hydrogens is 205 g/mol. The number of hydrogen-bond acceptors (Lipinski definition) is 3. The maximum Gasteiger partial charge on any atom is 0.231 e. The lowest BCUT2D eigenvalue weighted by Crippen LogP contribution is -2.26. The molecular formula is C9H10FNO2S. The van der Waals surface area contributed by atoms with Gasteiger partial charge in [-0.15, -0.1) is 0 Å². The predicted octanol–water partition coefficient (Wildman–Crippen LogP) is 0.857. The van der Waals surface area contributed by atoms with Crippen molar-refractivity contribution in [2.24, 2.45) is 5.73 Å². The highest BCUT2D eigenvalue weighted by molar-refractivity contribution is 7.93. The van der Waals surface area contributed by atoms with E-state index in [2.05, 4.69) is 0 Å². The summed E-state index contributed by atoms with van der Waals surface area (Å²) in [5.74, 6) is 0. The lowest BCUT2D eigenvalue weighted by molar-refractivity contribution is 0.392. The zero-order chi connectivity index (χ0) is 10.4. The van der Waals surface area contributed by atoms with Gasteiger partial charge in [0.25, 0.3) is 0 Å². The van der Waals surface area contributed by atoms with Gasteiger partial charge in [0.1, 0.15) is 0 Å². The van der Waals surface area contributed by atoms with Crippen LogP contribution < -0.4 is 5.73 Å². The highest BCUT2D eigenvalue weighted by atomic mass is 32.2. The van der Waals surface area contributed by atoms with Crippen LogP contribution in [0.25, 0.3) is 0 Å². The molecule has 1 aromatic carbocycles. The third-order valence-corrected chi connectivity index (χ3v) is 4.65. The Labute approximate surface area is 81.7 Å². The van der Waals surface area contributed by atoms with Crippen molar-refractivity contribution in [1.82, 2.24) is 0 Å². The van der Waals surface area contributed by atoms with Gasteiger partial charge in [0, 0.05) is 6.42 Å². The van der Waals surface area contributed by atoms with Crippen LogP contribution in [0.4, 0.5) is 4.39 Å². The molecule has 0 spiro atoms. The number of benzene rings is 1. The number of rotatable bonds is 2. The molecule has 0 bridgehead atoms. The van der Waals surface area contributed by atoms with Gasteiger partial charge in [0.15, 0.2) is 0 Å². The Balaban J connectivity index is 2.45. The van der Waals surface area contributed by atoms with Crippen LogP contribution in [0.15, 0.2) is 35.2 Å². The molecule has 0 aromatic heterocycles. The van der Waals surface area contributed by atoms with Crippen molar-refractivity contribution < 1.29 is 12.8 Å². The lowest BCUT2D eigenvalue weighted by atomic mass is 10.4. The molecule has 76 valence electrons. The van der Waals surface area contributed by atoms with E-state index in [0.717, 1.165) is 0 Å². The molecule has 2 atom stereocenters. The first-order valence-corrected chi connectivity index (χ1v) is 5.71. The van der Waals surface area contributed by atoms with Gasteiger partial charge < -0.3 is 5.73 Å². The Morgan fingerprint density at radius 1 is 1.36 bits per heavy atom. The number of alkyl halides is 1. The predicted molar refractivity (Wildman–Crippen MR) is 50.1 cm³/mol. The molecule has 3 nitrogen and oxygen atoms in total. The van der Waals surface area contributed by atoms with Crippen LogP contribution in [0, 0.1) is 0 Å². The second-order valence-electron chi connectivity index (χ2n) is 3.41. The standard InChI is InChI=1S/C9H10FNO2S/c10-9(6-8(9)11)14(12,13)7-4-2-1-3-5-7/h1-5,8H,6,11H2/t8-,9+/m1/s1. The summed E-state index contributed by atoms with van der Waals surface area (Å²) in [6.07, 6.45) is -0.107. The van der Waals surface area contributed by atoms with E-state index in [1.807, 2.05) is 0 Å². The fourth-order valence-corrected chi connectivity index (χ4v) is 3.05. The van der Waals surface area contributed by atoms with E-state index in [-0.39, 0.29) is 11.3 Å². The SMILES string of the molecule is N[C@@H]1C[C@]1(F)S(=O)(=O)c1ccccc1. The molecule has 2 N–H and O–H groups in total. The molecule has 0 heterocycles. The summed E-state index contributed by atoms with van der Waals surface area (Å²) in [6, 6.07) is 6.67. The van der Waals surface area contributed by atoms with Gasteiger partial charge in [0.2, 0.25) is 14.8 Å².